The first-order valence-corrected chi connectivity index (χ1v) is 8.12. The summed E-state index contributed by atoms with van der Waals surface area (Å²) in [5, 5.41) is 21.6. The highest BCUT2D eigenvalue weighted by molar-refractivity contribution is 5.89. The monoisotopic (exact) mass is 333 g/mol. The summed E-state index contributed by atoms with van der Waals surface area (Å²) < 4.78 is 0. The van der Waals surface area contributed by atoms with E-state index < -0.39 is 0 Å². The molecule has 0 fully saturated rings. The van der Waals surface area contributed by atoms with Gasteiger partial charge in [0.25, 0.3) is 0 Å². The molecule has 0 saturated heterocycles. The number of nitrogens with one attached hydrogen (secondary N) is 1. The van der Waals surface area contributed by atoms with E-state index in [1.54, 1.807) is 17.0 Å². The minimum Gasteiger partial charge on any atom is -0.508 e. The maximum absolute atomic E-state index is 12.6. The molecule has 1 heterocycles. The Morgan fingerprint density at radius 2 is 2.00 bits per heavy atom. The minimum atomic E-state index is -0.240. The lowest BCUT2D eigenvalue weighted by Gasteiger charge is -2.33. The molecular formula is C20H19N3O2. The Bertz CT molecular complexity index is 853. The van der Waals surface area contributed by atoms with Gasteiger partial charge in [0.15, 0.2) is 0 Å². The normalized spacial score (nSPS) is 16.8. The van der Waals surface area contributed by atoms with Crippen molar-refractivity contribution in [1.82, 2.24) is 10.2 Å². The molecule has 2 aromatic rings. The van der Waals surface area contributed by atoms with Crippen LogP contribution in [0.15, 0.2) is 54.6 Å². The molecule has 0 spiro atoms. The molecule has 0 bridgehead atoms. The third kappa shape index (κ3) is 3.48. The molecule has 2 aromatic carbocycles. The van der Waals surface area contributed by atoms with Gasteiger partial charge in [-0.2, -0.15) is 5.26 Å². The lowest BCUT2D eigenvalue weighted by Crippen LogP contribution is -2.44. The van der Waals surface area contributed by atoms with Crippen LogP contribution in [-0.2, 0) is 0 Å². The molecule has 1 aliphatic heterocycles. The number of carbonyl (C=O) groups is 1. The van der Waals surface area contributed by atoms with E-state index in [9.17, 15) is 9.90 Å². The predicted molar refractivity (Wildman–Crippen MR) is 95.5 cm³/mol. The second kappa shape index (κ2) is 7.10. The van der Waals surface area contributed by atoms with Gasteiger partial charge in [0, 0.05) is 6.54 Å². The molecule has 3 rings (SSSR count). The summed E-state index contributed by atoms with van der Waals surface area (Å²) in [5.41, 5.74) is 3.31. The van der Waals surface area contributed by atoms with Gasteiger partial charge in [0.1, 0.15) is 5.75 Å². The molecule has 1 unspecified atom stereocenters. The van der Waals surface area contributed by atoms with Gasteiger partial charge < -0.3 is 10.4 Å². The number of amides is 2. The van der Waals surface area contributed by atoms with E-state index in [0.29, 0.717) is 6.54 Å². The number of nitriles is 1. The molecule has 1 aliphatic rings. The maximum Gasteiger partial charge on any atom is 0.322 e. The predicted octanol–water partition coefficient (Wildman–Crippen LogP) is 3.72. The van der Waals surface area contributed by atoms with Crippen LogP contribution in [0, 0.1) is 18.3 Å². The Morgan fingerprint density at radius 1 is 1.24 bits per heavy atom. The van der Waals surface area contributed by atoms with Crippen LogP contribution in [0.25, 0.3) is 5.70 Å². The lowest BCUT2D eigenvalue weighted by molar-refractivity contribution is 0.213. The van der Waals surface area contributed by atoms with E-state index in [1.165, 1.54) is 0 Å². The van der Waals surface area contributed by atoms with Crippen molar-refractivity contribution in [3.8, 4) is 11.8 Å². The number of hydrogen-bond acceptors (Lipinski definition) is 3. The molecule has 0 radical (unpaired) electrons. The van der Waals surface area contributed by atoms with Crippen LogP contribution < -0.4 is 5.32 Å². The quantitative estimate of drug-likeness (QED) is 0.895. The highest BCUT2D eigenvalue weighted by Crippen LogP contribution is 2.31. The fourth-order valence-corrected chi connectivity index (χ4v) is 2.90. The van der Waals surface area contributed by atoms with Crippen LogP contribution in [0.1, 0.15) is 29.2 Å². The molecular weight excluding hydrogens is 314 g/mol. The molecule has 2 N–H and O–H groups in total. The number of phenolic OH excluding ortho intramolecular Hbond substituents is 1. The zero-order valence-electron chi connectivity index (χ0n) is 13.9. The van der Waals surface area contributed by atoms with Gasteiger partial charge in [-0.15, -0.1) is 0 Å². The number of carbonyl (C=O) groups excluding carboxylic acids is 1. The van der Waals surface area contributed by atoms with Crippen molar-refractivity contribution >= 4 is 11.7 Å². The van der Waals surface area contributed by atoms with Crippen LogP contribution in [-0.4, -0.2) is 22.6 Å². The van der Waals surface area contributed by atoms with Crippen LogP contribution in [0.2, 0.25) is 0 Å². The van der Waals surface area contributed by atoms with Gasteiger partial charge in [-0.3, -0.25) is 4.90 Å². The van der Waals surface area contributed by atoms with Crippen molar-refractivity contribution in [3.05, 3.63) is 71.3 Å². The Labute approximate surface area is 146 Å². The van der Waals surface area contributed by atoms with Gasteiger partial charge in [0.05, 0.1) is 24.2 Å². The highest BCUT2D eigenvalue weighted by atomic mass is 16.3. The molecule has 0 aliphatic carbocycles. The summed E-state index contributed by atoms with van der Waals surface area (Å²) in [6.45, 7) is 2.13. The number of aryl methyl sites for hydroxylation is 1. The zero-order chi connectivity index (χ0) is 17.8. The molecule has 2 amide bonds. The molecule has 0 saturated carbocycles. The summed E-state index contributed by atoms with van der Waals surface area (Å²) in [5.74, 6) is 0.216. The summed E-state index contributed by atoms with van der Waals surface area (Å²) in [6.07, 6.45) is 2.23. The van der Waals surface area contributed by atoms with Gasteiger partial charge in [-0.1, -0.05) is 30.3 Å². The van der Waals surface area contributed by atoms with Crippen molar-refractivity contribution in [2.75, 3.05) is 6.54 Å². The fraction of sp³-hybridized carbons (Fsp3) is 0.200. The van der Waals surface area contributed by atoms with E-state index in [0.717, 1.165) is 22.4 Å². The van der Waals surface area contributed by atoms with Gasteiger partial charge in [0.2, 0.25) is 0 Å². The van der Waals surface area contributed by atoms with Crippen molar-refractivity contribution in [2.24, 2.45) is 0 Å². The van der Waals surface area contributed by atoms with Crippen molar-refractivity contribution < 1.29 is 9.90 Å². The van der Waals surface area contributed by atoms with E-state index in [2.05, 4.69) is 11.4 Å². The number of phenols is 1. The van der Waals surface area contributed by atoms with Crippen LogP contribution in [0.4, 0.5) is 4.79 Å². The average Bonchev–Trinajstić information content (AvgIpc) is 2.63. The number of urea groups is 1. The van der Waals surface area contributed by atoms with Crippen LogP contribution in [0.3, 0.4) is 0 Å². The fourth-order valence-electron chi connectivity index (χ4n) is 2.90. The van der Waals surface area contributed by atoms with E-state index in [1.807, 2.05) is 49.4 Å². The standard InChI is InChI=1S/C20H19N3O2/c1-14-12-16(8-9-19(14)24)18-13-17(15-6-3-2-4-7-15)22-20(25)23(18)11-5-10-21/h2-4,6-9,12-13,17,24H,5,11H2,1H3,(H,22,25). The van der Waals surface area contributed by atoms with Crippen LogP contribution in [0.5, 0.6) is 5.75 Å². The molecule has 1 atom stereocenters. The first-order valence-electron chi connectivity index (χ1n) is 8.12. The number of hydrogen-bond donors (Lipinski definition) is 2. The molecule has 25 heavy (non-hydrogen) atoms. The minimum absolute atomic E-state index is 0.216. The smallest absolute Gasteiger partial charge is 0.322 e. The number of aromatic hydroxyl groups is 1. The second-order valence-electron chi connectivity index (χ2n) is 5.95. The van der Waals surface area contributed by atoms with Gasteiger partial charge in [-0.05, 0) is 47.9 Å². The van der Waals surface area contributed by atoms with Crippen molar-refractivity contribution in [2.45, 2.75) is 19.4 Å². The van der Waals surface area contributed by atoms with Crippen molar-refractivity contribution in [3.63, 3.8) is 0 Å². The van der Waals surface area contributed by atoms with E-state index in [-0.39, 0.29) is 24.2 Å². The Balaban J connectivity index is 2.05. The summed E-state index contributed by atoms with van der Waals surface area (Å²) in [4.78, 5) is 14.2. The van der Waals surface area contributed by atoms with E-state index >= 15 is 0 Å². The Morgan fingerprint density at radius 3 is 2.68 bits per heavy atom. The third-order valence-electron chi connectivity index (χ3n) is 4.24. The first kappa shape index (κ1) is 16.6. The molecule has 5 heteroatoms. The average molecular weight is 333 g/mol. The van der Waals surface area contributed by atoms with E-state index in [4.69, 9.17) is 5.26 Å². The van der Waals surface area contributed by atoms with Crippen LogP contribution >= 0.6 is 0 Å². The second-order valence-corrected chi connectivity index (χ2v) is 5.95. The summed E-state index contributed by atoms with van der Waals surface area (Å²) >= 11 is 0. The summed E-state index contributed by atoms with van der Waals surface area (Å²) in [7, 11) is 0. The number of nitrogens with zero attached hydrogens (tertiary/aromatic N) is 2. The topological polar surface area (TPSA) is 76.4 Å². The van der Waals surface area contributed by atoms with Gasteiger partial charge >= 0.3 is 6.03 Å². The third-order valence-corrected chi connectivity index (χ3v) is 4.24. The first-order chi connectivity index (χ1) is 12.1. The largest absolute Gasteiger partial charge is 0.508 e. The SMILES string of the molecule is Cc1cc(C2=CC(c3ccccc3)NC(=O)N2CCC#N)ccc1O. The Kier molecular flexibility index (Phi) is 4.71. The lowest BCUT2D eigenvalue weighted by atomic mass is 9.99. The van der Waals surface area contributed by atoms with Gasteiger partial charge in [-0.25, -0.2) is 4.79 Å². The molecule has 0 aromatic heterocycles. The molecule has 126 valence electrons. The zero-order valence-corrected chi connectivity index (χ0v) is 13.9. The Hall–Kier alpha value is -3.26. The maximum atomic E-state index is 12.6. The number of rotatable bonds is 4. The van der Waals surface area contributed by atoms with Crippen molar-refractivity contribution in [1.29, 1.82) is 5.26 Å². The molecule has 5 nitrogen and oxygen atoms in total. The highest BCUT2D eigenvalue weighted by Gasteiger charge is 2.28. The number of benzene rings is 2. The summed E-state index contributed by atoms with van der Waals surface area (Å²) in [6, 6.07) is 16.6.